The number of rotatable bonds is 28. The smallest absolute Gasteiger partial charge is 0.222 e. The fourth-order valence-electron chi connectivity index (χ4n) is 4.40. The predicted molar refractivity (Wildman–Crippen MR) is 176 cm³/mol. The molecule has 0 aliphatic heterocycles. The maximum atomic E-state index is 12.3. The average molecular weight is 574 g/mol. The van der Waals surface area contributed by atoms with E-state index < -0.39 is 18.2 Å². The van der Waals surface area contributed by atoms with E-state index in [2.05, 4.69) is 67.8 Å². The van der Waals surface area contributed by atoms with Gasteiger partial charge in [0.15, 0.2) is 0 Å². The highest BCUT2D eigenvalue weighted by atomic mass is 16.3. The highest BCUT2D eigenvalue weighted by Crippen LogP contribution is 2.11. The van der Waals surface area contributed by atoms with Crippen LogP contribution in [0.15, 0.2) is 60.8 Å². The minimum atomic E-state index is -0.962. The van der Waals surface area contributed by atoms with E-state index in [9.17, 15) is 20.1 Å². The highest BCUT2D eigenvalue weighted by molar-refractivity contribution is 5.76. The van der Waals surface area contributed by atoms with Crippen LogP contribution in [0.4, 0.5) is 0 Å². The van der Waals surface area contributed by atoms with Gasteiger partial charge < -0.3 is 20.6 Å². The SMILES string of the molecule is CCC/C=C/CC/C=C/CC/C=C/C(O)C(CO)NC(=O)CC(O)CCCCCCC/C=C\C/C=C\CCCCC. The van der Waals surface area contributed by atoms with Gasteiger partial charge in [-0.25, -0.2) is 0 Å². The quantitative estimate of drug-likeness (QED) is 0.0559. The van der Waals surface area contributed by atoms with Gasteiger partial charge in [0, 0.05) is 0 Å². The van der Waals surface area contributed by atoms with Crippen LogP contribution < -0.4 is 5.32 Å². The topological polar surface area (TPSA) is 89.8 Å². The number of nitrogens with one attached hydrogen (secondary N) is 1. The first kappa shape index (κ1) is 39.0. The number of carbonyl (C=O) groups is 1. The molecule has 0 saturated carbocycles. The zero-order valence-electron chi connectivity index (χ0n) is 26.4. The van der Waals surface area contributed by atoms with Gasteiger partial charge in [-0.15, -0.1) is 0 Å². The lowest BCUT2D eigenvalue weighted by Crippen LogP contribution is -2.45. The van der Waals surface area contributed by atoms with Crippen molar-refractivity contribution in [2.75, 3.05) is 6.61 Å². The van der Waals surface area contributed by atoms with Gasteiger partial charge in [0.25, 0.3) is 0 Å². The fourth-order valence-corrected chi connectivity index (χ4v) is 4.40. The Balaban J connectivity index is 3.88. The van der Waals surface area contributed by atoms with E-state index >= 15 is 0 Å². The van der Waals surface area contributed by atoms with Crippen molar-refractivity contribution >= 4 is 5.91 Å². The molecule has 0 bridgehead atoms. The van der Waals surface area contributed by atoms with Crippen LogP contribution in [0.2, 0.25) is 0 Å². The molecule has 236 valence electrons. The molecule has 0 saturated heterocycles. The highest BCUT2D eigenvalue weighted by Gasteiger charge is 2.19. The van der Waals surface area contributed by atoms with E-state index in [1.54, 1.807) is 6.08 Å². The van der Waals surface area contributed by atoms with Gasteiger partial charge in [0.2, 0.25) is 5.91 Å². The molecular formula is C36H63NO4. The van der Waals surface area contributed by atoms with Gasteiger partial charge in [-0.05, 0) is 70.6 Å². The molecule has 0 spiro atoms. The van der Waals surface area contributed by atoms with E-state index in [1.165, 1.54) is 44.9 Å². The van der Waals surface area contributed by atoms with Gasteiger partial charge in [0.05, 0.1) is 31.3 Å². The van der Waals surface area contributed by atoms with Crippen LogP contribution in [0.1, 0.15) is 136 Å². The number of hydrogen-bond acceptors (Lipinski definition) is 4. The van der Waals surface area contributed by atoms with Crippen molar-refractivity contribution in [2.45, 2.75) is 154 Å². The van der Waals surface area contributed by atoms with Crippen LogP contribution in [0.5, 0.6) is 0 Å². The Morgan fingerprint density at radius 1 is 0.634 bits per heavy atom. The van der Waals surface area contributed by atoms with Crippen molar-refractivity contribution in [3.05, 3.63) is 60.8 Å². The lowest BCUT2D eigenvalue weighted by Gasteiger charge is -2.20. The van der Waals surface area contributed by atoms with Gasteiger partial charge in [-0.3, -0.25) is 4.79 Å². The first-order chi connectivity index (χ1) is 20.0. The van der Waals surface area contributed by atoms with Crippen molar-refractivity contribution in [2.24, 2.45) is 0 Å². The van der Waals surface area contributed by atoms with Crippen LogP contribution in [-0.4, -0.2) is 46.1 Å². The monoisotopic (exact) mass is 573 g/mol. The van der Waals surface area contributed by atoms with Gasteiger partial charge in [0.1, 0.15) is 0 Å². The zero-order valence-corrected chi connectivity index (χ0v) is 26.4. The molecule has 0 aromatic carbocycles. The Morgan fingerprint density at radius 3 is 1.78 bits per heavy atom. The number of unbranched alkanes of at least 4 members (excludes halogenated alkanes) is 11. The zero-order chi connectivity index (χ0) is 30.2. The van der Waals surface area contributed by atoms with Crippen molar-refractivity contribution in [1.29, 1.82) is 0 Å². The largest absolute Gasteiger partial charge is 0.394 e. The summed E-state index contributed by atoms with van der Waals surface area (Å²) in [6.07, 6.45) is 39.1. The van der Waals surface area contributed by atoms with E-state index in [4.69, 9.17) is 0 Å². The molecule has 5 heteroatoms. The fraction of sp³-hybridized carbons (Fsp3) is 0.694. The molecule has 0 rings (SSSR count). The third kappa shape index (κ3) is 28.0. The molecule has 0 aromatic rings. The molecule has 0 aromatic heterocycles. The number of aliphatic hydroxyl groups is 3. The molecule has 0 heterocycles. The lowest BCUT2D eigenvalue weighted by molar-refractivity contribution is -0.124. The van der Waals surface area contributed by atoms with Crippen LogP contribution in [0.25, 0.3) is 0 Å². The summed E-state index contributed by atoms with van der Waals surface area (Å²) < 4.78 is 0. The van der Waals surface area contributed by atoms with Gasteiger partial charge in [-0.1, -0.05) is 120 Å². The first-order valence-corrected chi connectivity index (χ1v) is 16.6. The third-order valence-corrected chi connectivity index (χ3v) is 6.99. The Kier molecular flexibility index (Phi) is 29.5. The summed E-state index contributed by atoms with van der Waals surface area (Å²) in [4.78, 5) is 12.3. The predicted octanol–water partition coefficient (Wildman–Crippen LogP) is 8.42. The Labute approximate surface area is 252 Å². The minimum absolute atomic E-state index is 0.0107. The minimum Gasteiger partial charge on any atom is -0.394 e. The average Bonchev–Trinajstić information content (AvgIpc) is 2.96. The summed E-state index contributed by atoms with van der Waals surface area (Å²) in [7, 11) is 0. The molecule has 0 fully saturated rings. The van der Waals surface area contributed by atoms with Crippen molar-refractivity contribution in [3.63, 3.8) is 0 Å². The summed E-state index contributed by atoms with van der Waals surface area (Å²) in [6, 6.07) is -0.771. The Morgan fingerprint density at radius 2 is 1.17 bits per heavy atom. The van der Waals surface area contributed by atoms with Crippen molar-refractivity contribution in [1.82, 2.24) is 5.32 Å². The van der Waals surface area contributed by atoms with Gasteiger partial charge in [-0.2, -0.15) is 0 Å². The number of aliphatic hydroxyl groups excluding tert-OH is 3. The molecule has 5 nitrogen and oxygen atoms in total. The summed E-state index contributed by atoms with van der Waals surface area (Å²) >= 11 is 0. The second-order valence-corrected chi connectivity index (χ2v) is 11.0. The Bertz CT molecular complexity index is 725. The van der Waals surface area contributed by atoms with Gasteiger partial charge >= 0.3 is 0 Å². The molecule has 1 amide bonds. The van der Waals surface area contributed by atoms with Crippen LogP contribution in [-0.2, 0) is 4.79 Å². The van der Waals surface area contributed by atoms with E-state index in [0.29, 0.717) is 6.42 Å². The lowest BCUT2D eigenvalue weighted by atomic mass is 10.0. The van der Waals surface area contributed by atoms with E-state index in [-0.39, 0.29) is 18.9 Å². The first-order valence-electron chi connectivity index (χ1n) is 16.6. The van der Waals surface area contributed by atoms with Crippen molar-refractivity contribution < 1.29 is 20.1 Å². The van der Waals surface area contributed by atoms with E-state index in [1.807, 2.05) is 6.08 Å². The second kappa shape index (κ2) is 31.0. The van der Waals surface area contributed by atoms with Crippen LogP contribution in [0.3, 0.4) is 0 Å². The number of amides is 1. The molecule has 0 aliphatic rings. The summed E-state index contributed by atoms with van der Waals surface area (Å²) in [5, 5.41) is 32.8. The number of hydrogen-bond donors (Lipinski definition) is 4. The summed E-state index contributed by atoms with van der Waals surface area (Å²) in [5.74, 6) is -0.345. The molecule has 4 N–H and O–H groups in total. The molecule has 3 unspecified atom stereocenters. The number of allylic oxidation sites excluding steroid dienone is 9. The molecule has 3 atom stereocenters. The molecule has 0 radical (unpaired) electrons. The normalized spacial score (nSPS) is 14.8. The molecule has 41 heavy (non-hydrogen) atoms. The summed E-state index contributed by atoms with van der Waals surface area (Å²) in [6.45, 7) is 4.05. The maximum Gasteiger partial charge on any atom is 0.222 e. The summed E-state index contributed by atoms with van der Waals surface area (Å²) in [5.41, 5.74) is 0. The van der Waals surface area contributed by atoms with Crippen LogP contribution in [0, 0.1) is 0 Å². The number of carbonyl (C=O) groups excluding carboxylic acids is 1. The molecule has 0 aliphatic carbocycles. The van der Waals surface area contributed by atoms with Crippen LogP contribution >= 0.6 is 0 Å². The third-order valence-electron chi connectivity index (χ3n) is 6.99. The van der Waals surface area contributed by atoms with E-state index in [0.717, 1.165) is 64.2 Å². The molecular weight excluding hydrogens is 510 g/mol. The standard InChI is InChI=1S/C36H63NO4/c1-3-5-7-9-11-13-15-16-17-18-20-21-23-25-27-29-33(39)31-36(41)37-34(32-38)35(40)30-28-26-24-22-19-14-12-10-8-6-4-2/h8,10-11,13,16-17,19,22,28,30,33-35,38-40H,3-7,9,12,14-15,18,20-21,23-27,29,31-32H2,1-2H3,(H,37,41)/b10-8+,13-11-,17-16-,22-19+,30-28+. The Hall–Kier alpha value is -1.95. The maximum absolute atomic E-state index is 12.3. The second-order valence-electron chi connectivity index (χ2n) is 11.0. The van der Waals surface area contributed by atoms with Crippen molar-refractivity contribution in [3.8, 4) is 0 Å².